The highest BCUT2D eigenvalue weighted by atomic mass is 16.5. The Morgan fingerprint density at radius 1 is 1.17 bits per heavy atom. The maximum Gasteiger partial charge on any atom is 0.262 e. The van der Waals surface area contributed by atoms with Crippen molar-refractivity contribution in [2.75, 3.05) is 11.9 Å². The molecule has 116 valence electrons. The highest BCUT2D eigenvalue weighted by molar-refractivity contribution is 5.94. The second-order valence-corrected chi connectivity index (χ2v) is 4.95. The van der Waals surface area contributed by atoms with Crippen LogP contribution in [0.15, 0.2) is 48.5 Å². The quantitative estimate of drug-likeness (QED) is 0.832. The molecule has 5 nitrogen and oxygen atoms in total. The summed E-state index contributed by atoms with van der Waals surface area (Å²) in [7, 11) is 0. The first-order valence-electron chi connectivity index (χ1n) is 7.08. The molecule has 2 aromatic rings. The average molecular weight is 308 g/mol. The molecule has 2 aromatic carbocycles. The summed E-state index contributed by atoms with van der Waals surface area (Å²) in [6, 6.07) is 15.8. The Balaban J connectivity index is 1.89. The molecule has 0 unspecified atom stereocenters. The molecule has 0 fully saturated rings. The van der Waals surface area contributed by atoms with Gasteiger partial charge in [-0.1, -0.05) is 24.3 Å². The van der Waals surface area contributed by atoms with E-state index in [2.05, 4.69) is 11.4 Å². The van der Waals surface area contributed by atoms with E-state index < -0.39 is 0 Å². The van der Waals surface area contributed by atoms with Crippen LogP contribution in [-0.4, -0.2) is 18.3 Å². The van der Waals surface area contributed by atoms with Crippen LogP contribution in [0.3, 0.4) is 0 Å². The topological polar surface area (TPSA) is 79.2 Å². The van der Waals surface area contributed by atoms with Crippen LogP contribution in [0.5, 0.6) is 5.75 Å². The minimum atomic E-state index is -0.300. The number of carbonyl (C=O) groups is 2. The van der Waals surface area contributed by atoms with Gasteiger partial charge in [-0.3, -0.25) is 9.59 Å². The minimum absolute atomic E-state index is 0.0580. The molecular formula is C18H16N2O3. The number of hydrogen-bond donors (Lipinski definition) is 1. The van der Waals surface area contributed by atoms with Gasteiger partial charge in [-0.05, 0) is 36.8 Å². The standard InChI is InChI=1S/C18H16N2O3/c1-13(21)15-3-2-4-17(11-15)23-12-18(22)20-16-7-5-14(6-8-16)9-10-19/h2-8,11H,9,12H2,1H3,(H,20,22). The van der Waals surface area contributed by atoms with Crippen molar-refractivity contribution in [1.82, 2.24) is 0 Å². The first kappa shape index (κ1) is 16.2. The third-order valence-electron chi connectivity index (χ3n) is 3.13. The molecule has 0 aliphatic heterocycles. The first-order chi connectivity index (χ1) is 11.1. The van der Waals surface area contributed by atoms with Gasteiger partial charge in [0.25, 0.3) is 5.91 Å². The molecule has 0 atom stereocenters. The molecular weight excluding hydrogens is 292 g/mol. The van der Waals surface area contributed by atoms with Gasteiger partial charge in [0.15, 0.2) is 12.4 Å². The van der Waals surface area contributed by atoms with E-state index in [0.717, 1.165) is 5.56 Å². The van der Waals surface area contributed by atoms with E-state index in [1.165, 1.54) is 6.92 Å². The lowest BCUT2D eigenvalue weighted by Gasteiger charge is -2.08. The van der Waals surface area contributed by atoms with Gasteiger partial charge < -0.3 is 10.1 Å². The van der Waals surface area contributed by atoms with Crippen molar-refractivity contribution in [3.8, 4) is 11.8 Å². The number of ketones is 1. The van der Waals surface area contributed by atoms with E-state index in [1.54, 1.807) is 48.5 Å². The Morgan fingerprint density at radius 3 is 2.57 bits per heavy atom. The lowest BCUT2D eigenvalue weighted by Crippen LogP contribution is -2.20. The number of amides is 1. The largest absolute Gasteiger partial charge is 0.484 e. The maximum atomic E-state index is 11.9. The highest BCUT2D eigenvalue weighted by Crippen LogP contribution is 2.14. The van der Waals surface area contributed by atoms with Crippen LogP contribution in [0.25, 0.3) is 0 Å². The number of rotatable bonds is 6. The van der Waals surface area contributed by atoms with Crippen molar-refractivity contribution < 1.29 is 14.3 Å². The summed E-state index contributed by atoms with van der Waals surface area (Å²) < 4.78 is 5.39. The van der Waals surface area contributed by atoms with Crippen molar-refractivity contribution in [3.05, 3.63) is 59.7 Å². The third-order valence-corrected chi connectivity index (χ3v) is 3.13. The molecule has 0 radical (unpaired) electrons. The zero-order valence-electron chi connectivity index (χ0n) is 12.7. The van der Waals surface area contributed by atoms with Crippen molar-refractivity contribution in [3.63, 3.8) is 0 Å². The average Bonchev–Trinajstić information content (AvgIpc) is 2.55. The SMILES string of the molecule is CC(=O)c1cccc(OCC(=O)Nc2ccc(CC#N)cc2)c1. The molecule has 2 rings (SSSR count). The van der Waals surface area contributed by atoms with Crippen LogP contribution in [0.1, 0.15) is 22.8 Å². The van der Waals surface area contributed by atoms with E-state index in [9.17, 15) is 9.59 Å². The predicted octanol–water partition coefficient (Wildman–Crippen LogP) is 2.97. The second kappa shape index (κ2) is 7.76. The molecule has 5 heteroatoms. The fourth-order valence-electron chi connectivity index (χ4n) is 1.95. The Morgan fingerprint density at radius 2 is 1.91 bits per heavy atom. The van der Waals surface area contributed by atoms with Gasteiger partial charge in [-0.25, -0.2) is 0 Å². The minimum Gasteiger partial charge on any atom is -0.484 e. The summed E-state index contributed by atoms with van der Waals surface area (Å²) in [4.78, 5) is 23.2. The summed E-state index contributed by atoms with van der Waals surface area (Å²) >= 11 is 0. The number of Topliss-reactive ketones (excluding diaryl/α,β-unsaturated/α-hetero) is 1. The molecule has 1 N–H and O–H groups in total. The molecule has 0 spiro atoms. The van der Waals surface area contributed by atoms with Crippen molar-refractivity contribution in [2.45, 2.75) is 13.3 Å². The Labute approximate surface area is 134 Å². The molecule has 23 heavy (non-hydrogen) atoms. The van der Waals surface area contributed by atoms with Gasteiger partial charge >= 0.3 is 0 Å². The van der Waals surface area contributed by atoms with Crippen LogP contribution in [0.2, 0.25) is 0 Å². The van der Waals surface area contributed by atoms with Gasteiger partial charge in [-0.15, -0.1) is 0 Å². The summed E-state index contributed by atoms with van der Waals surface area (Å²) in [6.07, 6.45) is 0.337. The molecule has 0 aliphatic carbocycles. The molecule has 0 aromatic heterocycles. The van der Waals surface area contributed by atoms with E-state index >= 15 is 0 Å². The highest BCUT2D eigenvalue weighted by Gasteiger charge is 2.06. The van der Waals surface area contributed by atoms with Crippen LogP contribution >= 0.6 is 0 Å². The molecule has 0 bridgehead atoms. The lowest BCUT2D eigenvalue weighted by atomic mass is 10.1. The lowest BCUT2D eigenvalue weighted by molar-refractivity contribution is -0.118. The number of benzene rings is 2. The Hall–Kier alpha value is -3.13. The fraction of sp³-hybridized carbons (Fsp3) is 0.167. The van der Waals surface area contributed by atoms with Crippen LogP contribution in [-0.2, 0) is 11.2 Å². The molecule has 0 saturated carbocycles. The van der Waals surface area contributed by atoms with E-state index in [-0.39, 0.29) is 18.3 Å². The number of nitrogens with one attached hydrogen (secondary N) is 1. The van der Waals surface area contributed by atoms with Gasteiger partial charge in [0.2, 0.25) is 0 Å². The van der Waals surface area contributed by atoms with Crippen LogP contribution in [0, 0.1) is 11.3 Å². The number of nitrogens with zero attached hydrogens (tertiary/aromatic N) is 1. The molecule has 0 aliphatic rings. The predicted molar refractivity (Wildman–Crippen MR) is 86.3 cm³/mol. The first-order valence-corrected chi connectivity index (χ1v) is 7.08. The number of carbonyl (C=O) groups excluding carboxylic acids is 2. The summed E-state index contributed by atoms with van der Waals surface area (Å²) in [5.41, 5.74) is 2.07. The number of nitriles is 1. The second-order valence-electron chi connectivity index (χ2n) is 4.95. The number of hydrogen-bond acceptors (Lipinski definition) is 4. The zero-order chi connectivity index (χ0) is 16.7. The normalized spacial score (nSPS) is 9.74. The Bertz CT molecular complexity index is 746. The third kappa shape index (κ3) is 4.97. The maximum absolute atomic E-state index is 11.9. The van der Waals surface area contributed by atoms with Gasteiger partial charge in [0.05, 0.1) is 12.5 Å². The van der Waals surface area contributed by atoms with Crippen LogP contribution < -0.4 is 10.1 Å². The summed E-state index contributed by atoms with van der Waals surface area (Å²) in [5.74, 6) is 0.112. The molecule has 1 amide bonds. The van der Waals surface area contributed by atoms with Crippen molar-refractivity contribution in [2.24, 2.45) is 0 Å². The Kier molecular flexibility index (Phi) is 5.48. The molecule has 0 saturated heterocycles. The summed E-state index contributed by atoms with van der Waals surface area (Å²) in [5, 5.41) is 11.3. The van der Waals surface area contributed by atoms with Crippen molar-refractivity contribution in [1.29, 1.82) is 5.26 Å². The smallest absolute Gasteiger partial charge is 0.262 e. The van der Waals surface area contributed by atoms with Crippen molar-refractivity contribution >= 4 is 17.4 Å². The molecule has 0 heterocycles. The van der Waals surface area contributed by atoms with Crippen LogP contribution in [0.4, 0.5) is 5.69 Å². The number of ether oxygens (including phenoxy) is 1. The van der Waals surface area contributed by atoms with E-state index in [4.69, 9.17) is 10.00 Å². The monoisotopic (exact) mass is 308 g/mol. The van der Waals surface area contributed by atoms with Gasteiger partial charge in [0, 0.05) is 11.3 Å². The van der Waals surface area contributed by atoms with Gasteiger partial charge in [-0.2, -0.15) is 5.26 Å². The van der Waals surface area contributed by atoms with Gasteiger partial charge in [0.1, 0.15) is 5.75 Å². The van der Waals surface area contributed by atoms with E-state index in [0.29, 0.717) is 23.4 Å². The summed E-state index contributed by atoms with van der Waals surface area (Å²) in [6.45, 7) is 1.32. The number of anilines is 1. The fourth-order valence-corrected chi connectivity index (χ4v) is 1.95. The zero-order valence-corrected chi connectivity index (χ0v) is 12.7. The van der Waals surface area contributed by atoms with E-state index in [1.807, 2.05) is 0 Å².